The van der Waals surface area contributed by atoms with Crippen molar-refractivity contribution < 1.29 is 17.9 Å². The molecule has 2 rings (SSSR count). The topological polar surface area (TPSA) is 72.8 Å². The Labute approximate surface area is 105 Å². The molecule has 0 saturated heterocycles. The average molecular weight is 267 g/mol. The highest BCUT2D eigenvalue weighted by Crippen LogP contribution is 2.54. The Kier molecular flexibility index (Phi) is 3.00. The molecule has 1 fully saturated rings. The van der Waals surface area contributed by atoms with E-state index in [0.29, 0.717) is 24.2 Å². The predicted octanol–water partition coefficient (Wildman–Crippen LogP) is 1.42. The minimum atomic E-state index is -3.40. The van der Waals surface area contributed by atoms with E-state index in [1.165, 1.54) is 19.3 Å². The largest absolute Gasteiger partial charge is 0.496 e. The van der Waals surface area contributed by atoms with E-state index < -0.39 is 15.4 Å². The second-order valence-corrected chi connectivity index (χ2v) is 6.32. The van der Waals surface area contributed by atoms with Crippen LogP contribution in [0.25, 0.3) is 0 Å². The van der Waals surface area contributed by atoms with Crippen molar-refractivity contribution in [2.75, 3.05) is 13.4 Å². The van der Waals surface area contributed by atoms with Crippen LogP contribution < -0.4 is 4.74 Å². The SMILES string of the molecule is COc1cccc(S(C)(=O)=O)c1C1(N=C=O)CC1. The fourth-order valence-electron chi connectivity index (χ4n) is 2.07. The van der Waals surface area contributed by atoms with E-state index in [4.69, 9.17) is 4.74 Å². The molecule has 0 amide bonds. The first-order valence-electron chi connectivity index (χ1n) is 5.41. The number of benzene rings is 1. The summed E-state index contributed by atoms with van der Waals surface area (Å²) in [5.74, 6) is 0.439. The molecule has 6 heteroatoms. The van der Waals surface area contributed by atoms with E-state index in [2.05, 4.69) is 4.99 Å². The van der Waals surface area contributed by atoms with Gasteiger partial charge in [-0.1, -0.05) is 6.07 Å². The van der Waals surface area contributed by atoms with Crippen molar-refractivity contribution in [3.63, 3.8) is 0 Å². The Balaban J connectivity index is 2.75. The Morgan fingerprint density at radius 2 is 2.06 bits per heavy atom. The van der Waals surface area contributed by atoms with Crippen LogP contribution in [0.4, 0.5) is 0 Å². The standard InChI is InChI=1S/C12H13NO4S/c1-17-9-4-3-5-10(18(2,15)16)11(9)12(6-7-12)13-8-14/h3-5H,6-7H2,1-2H3. The van der Waals surface area contributed by atoms with Gasteiger partial charge in [-0.05, 0) is 25.0 Å². The van der Waals surface area contributed by atoms with Crippen molar-refractivity contribution in [1.29, 1.82) is 0 Å². The summed E-state index contributed by atoms with van der Waals surface area (Å²) in [5, 5.41) is 0. The number of nitrogens with zero attached hydrogens (tertiary/aromatic N) is 1. The fraction of sp³-hybridized carbons (Fsp3) is 0.417. The third kappa shape index (κ3) is 2.05. The van der Waals surface area contributed by atoms with Crippen LogP contribution in [0.2, 0.25) is 0 Å². The van der Waals surface area contributed by atoms with Crippen LogP contribution in [0.15, 0.2) is 28.1 Å². The van der Waals surface area contributed by atoms with Gasteiger partial charge in [0.05, 0.1) is 12.0 Å². The number of hydrogen-bond donors (Lipinski definition) is 0. The van der Waals surface area contributed by atoms with Crippen molar-refractivity contribution in [2.45, 2.75) is 23.3 Å². The normalized spacial score (nSPS) is 16.8. The van der Waals surface area contributed by atoms with E-state index in [1.807, 2.05) is 0 Å². The van der Waals surface area contributed by atoms with Crippen LogP contribution in [-0.4, -0.2) is 27.9 Å². The van der Waals surface area contributed by atoms with Gasteiger partial charge < -0.3 is 4.74 Å². The third-order valence-electron chi connectivity index (χ3n) is 3.06. The molecule has 0 radical (unpaired) electrons. The smallest absolute Gasteiger partial charge is 0.235 e. The number of ether oxygens (including phenoxy) is 1. The van der Waals surface area contributed by atoms with Gasteiger partial charge in [-0.25, -0.2) is 13.2 Å². The molecule has 1 aliphatic rings. The fourth-order valence-corrected chi connectivity index (χ4v) is 3.06. The first-order valence-corrected chi connectivity index (χ1v) is 7.30. The summed E-state index contributed by atoms with van der Waals surface area (Å²) < 4.78 is 28.8. The van der Waals surface area contributed by atoms with Gasteiger partial charge in [0.2, 0.25) is 6.08 Å². The molecule has 0 atom stereocenters. The van der Waals surface area contributed by atoms with Crippen LogP contribution in [0.5, 0.6) is 5.75 Å². The predicted molar refractivity (Wildman–Crippen MR) is 65.1 cm³/mol. The minimum Gasteiger partial charge on any atom is -0.496 e. The van der Waals surface area contributed by atoms with Gasteiger partial charge in [0.15, 0.2) is 9.84 Å². The molecule has 1 aromatic rings. The zero-order chi connectivity index (χ0) is 13.4. The molecule has 0 bridgehead atoms. The monoisotopic (exact) mass is 267 g/mol. The molecule has 5 nitrogen and oxygen atoms in total. The molecule has 96 valence electrons. The number of carbonyl (C=O) groups excluding carboxylic acids is 1. The van der Waals surface area contributed by atoms with Gasteiger partial charge in [0.25, 0.3) is 0 Å². The first-order chi connectivity index (χ1) is 8.44. The van der Waals surface area contributed by atoms with E-state index in [1.54, 1.807) is 12.1 Å². The number of methoxy groups -OCH3 is 1. The van der Waals surface area contributed by atoms with Gasteiger partial charge in [0.1, 0.15) is 11.3 Å². The molecule has 1 saturated carbocycles. The lowest BCUT2D eigenvalue weighted by Gasteiger charge is -2.17. The maximum atomic E-state index is 11.8. The Morgan fingerprint density at radius 1 is 1.39 bits per heavy atom. The summed E-state index contributed by atoms with van der Waals surface area (Å²) in [4.78, 5) is 14.4. The number of isocyanates is 1. The molecule has 0 heterocycles. The van der Waals surface area contributed by atoms with Crippen LogP contribution in [0.1, 0.15) is 18.4 Å². The summed E-state index contributed by atoms with van der Waals surface area (Å²) in [7, 11) is -1.93. The second kappa shape index (κ2) is 4.23. The molecule has 0 unspecified atom stereocenters. The minimum absolute atomic E-state index is 0.165. The van der Waals surface area contributed by atoms with Crippen LogP contribution in [0, 0.1) is 0 Å². The van der Waals surface area contributed by atoms with E-state index >= 15 is 0 Å². The Bertz CT molecular complexity index is 625. The first kappa shape index (κ1) is 12.8. The summed E-state index contributed by atoms with van der Waals surface area (Å²) in [6, 6.07) is 4.79. The number of aliphatic imine (C=N–C) groups is 1. The molecular weight excluding hydrogens is 254 g/mol. The molecular formula is C12H13NO4S. The van der Waals surface area contributed by atoms with Gasteiger partial charge in [-0.3, -0.25) is 0 Å². The van der Waals surface area contributed by atoms with Crippen molar-refractivity contribution in [2.24, 2.45) is 4.99 Å². The summed E-state index contributed by atoms with van der Waals surface area (Å²) in [6.45, 7) is 0. The number of hydrogen-bond acceptors (Lipinski definition) is 5. The quantitative estimate of drug-likeness (QED) is 0.611. The van der Waals surface area contributed by atoms with Gasteiger partial charge in [0, 0.05) is 11.8 Å². The van der Waals surface area contributed by atoms with Crippen LogP contribution >= 0.6 is 0 Å². The van der Waals surface area contributed by atoms with Crippen molar-refractivity contribution >= 4 is 15.9 Å². The summed E-state index contributed by atoms with van der Waals surface area (Å²) in [6.07, 6.45) is 3.91. The number of rotatable bonds is 4. The molecule has 0 aliphatic heterocycles. The van der Waals surface area contributed by atoms with Gasteiger partial charge in [-0.2, -0.15) is 4.99 Å². The zero-order valence-corrected chi connectivity index (χ0v) is 11.0. The zero-order valence-electron chi connectivity index (χ0n) is 10.1. The van der Waals surface area contributed by atoms with Gasteiger partial charge in [-0.15, -0.1) is 0 Å². The van der Waals surface area contributed by atoms with Crippen molar-refractivity contribution in [3.05, 3.63) is 23.8 Å². The summed E-state index contributed by atoms with van der Waals surface area (Å²) >= 11 is 0. The third-order valence-corrected chi connectivity index (χ3v) is 4.20. The lowest BCUT2D eigenvalue weighted by Crippen LogP contribution is -2.12. The van der Waals surface area contributed by atoms with Crippen molar-refractivity contribution in [3.8, 4) is 5.75 Å². The van der Waals surface area contributed by atoms with Crippen molar-refractivity contribution in [1.82, 2.24) is 0 Å². The van der Waals surface area contributed by atoms with Crippen LogP contribution in [-0.2, 0) is 20.2 Å². The van der Waals surface area contributed by atoms with Gasteiger partial charge >= 0.3 is 0 Å². The highest BCUT2D eigenvalue weighted by molar-refractivity contribution is 7.90. The number of sulfone groups is 1. The molecule has 0 N–H and O–H groups in total. The highest BCUT2D eigenvalue weighted by atomic mass is 32.2. The van der Waals surface area contributed by atoms with E-state index in [-0.39, 0.29) is 4.90 Å². The average Bonchev–Trinajstić information content (AvgIpc) is 3.08. The molecule has 1 aliphatic carbocycles. The Hall–Kier alpha value is -1.65. The maximum Gasteiger partial charge on any atom is 0.235 e. The maximum absolute atomic E-state index is 11.8. The van der Waals surface area contributed by atoms with Crippen LogP contribution in [0.3, 0.4) is 0 Å². The Morgan fingerprint density at radius 3 is 2.50 bits per heavy atom. The summed E-state index contributed by atoms with van der Waals surface area (Å²) in [5.41, 5.74) is -0.300. The van der Waals surface area contributed by atoms with E-state index in [0.717, 1.165) is 6.26 Å². The second-order valence-electron chi connectivity index (χ2n) is 4.34. The molecule has 1 aromatic carbocycles. The molecule has 0 spiro atoms. The molecule has 0 aromatic heterocycles. The lowest BCUT2D eigenvalue weighted by atomic mass is 10.0. The lowest BCUT2D eigenvalue weighted by molar-refractivity contribution is 0.401. The highest BCUT2D eigenvalue weighted by Gasteiger charge is 2.49. The van der Waals surface area contributed by atoms with E-state index in [9.17, 15) is 13.2 Å². The molecule has 18 heavy (non-hydrogen) atoms.